The molecule has 0 aliphatic carbocycles. The minimum Gasteiger partial charge on any atom is -0.444 e. The SMILES string of the molecule is CCCC(=O)Nc1cccc(-c2cnco2)c1. The van der Waals surface area contributed by atoms with Crippen molar-refractivity contribution in [3.05, 3.63) is 36.9 Å². The van der Waals surface area contributed by atoms with E-state index in [1.165, 1.54) is 6.39 Å². The number of rotatable bonds is 4. The van der Waals surface area contributed by atoms with Crippen LogP contribution in [0.5, 0.6) is 0 Å². The van der Waals surface area contributed by atoms with Crippen LogP contribution in [0.15, 0.2) is 41.3 Å². The molecule has 0 aliphatic rings. The van der Waals surface area contributed by atoms with Gasteiger partial charge >= 0.3 is 0 Å². The highest BCUT2D eigenvalue weighted by molar-refractivity contribution is 5.91. The van der Waals surface area contributed by atoms with Gasteiger partial charge in [-0.3, -0.25) is 4.79 Å². The van der Waals surface area contributed by atoms with Crippen LogP contribution in [0.25, 0.3) is 11.3 Å². The Labute approximate surface area is 99.7 Å². The molecule has 0 atom stereocenters. The highest BCUT2D eigenvalue weighted by Crippen LogP contribution is 2.22. The summed E-state index contributed by atoms with van der Waals surface area (Å²) in [6.45, 7) is 1.98. The summed E-state index contributed by atoms with van der Waals surface area (Å²) >= 11 is 0. The molecule has 0 saturated carbocycles. The van der Waals surface area contributed by atoms with Gasteiger partial charge in [0, 0.05) is 17.7 Å². The highest BCUT2D eigenvalue weighted by Gasteiger charge is 2.04. The average Bonchev–Trinajstić information content (AvgIpc) is 2.83. The Kier molecular flexibility index (Phi) is 3.55. The first-order valence-corrected chi connectivity index (χ1v) is 5.58. The summed E-state index contributed by atoms with van der Waals surface area (Å²) < 4.78 is 5.20. The largest absolute Gasteiger partial charge is 0.444 e. The highest BCUT2D eigenvalue weighted by atomic mass is 16.3. The van der Waals surface area contributed by atoms with E-state index in [-0.39, 0.29) is 5.91 Å². The van der Waals surface area contributed by atoms with Gasteiger partial charge in [-0.25, -0.2) is 4.98 Å². The average molecular weight is 230 g/mol. The van der Waals surface area contributed by atoms with E-state index in [0.717, 1.165) is 17.7 Å². The van der Waals surface area contributed by atoms with Crippen LogP contribution in [0, 0.1) is 0 Å². The Morgan fingerprint density at radius 3 is 3.06 bits per heavy atom. The number of anilines is 1. The maximum atomic E-state index is 11.5. The molecule has 1 aromatic carbocycles. The van der Waals surface area contributed by atoms with Crippen LogP contribution in [0.3, 0.4) is 0 Å². The van der Waals surface area contributed by atoms with Crippen molar-refractivity contribution >= 4 is 11.6 Å². The van der Waals surface area contributed by atoms with Crippen molar-refractivity contribution in [3.8, 4) is 11.3 Å². The number of carbonyl (C=O) groups excluding carboxylic acids is 1. The summed E-state index contributed by atoms with van der Waals surface area (Å²) in [4.78, 5) is 15.3. The lowest BCUT2D eigenvalue weighted by atomic mass is 10.1. The molecule has 0 saturated heterocycles. The minimum atomic E-state index is 0.0298. The maximum absolute atomic E-state index is 11.5. The molecular weight excluding hydrogens is 216 g/mol. The molecule has 2 rings (SSSR count). The van der Waals surface area contributed by atoms with Crippen LogP contribution in [0.2, 0.25) is 0 Å². The Bertz CT molecular complexity index is 492. The van der Waals surface area contributed by atoms with E-state index in [1.807, 2.05) is 31.2 Å². The molecular formula is C13H14N2O2. The summed E-state index contributed by atoms with van der Waals surface area (Å²) in [5.41, 5.74) is 1.68. The number of nitrogens with one attached hydrogen (secondary N) is 1. The first-order valence-electron chi connectivity index (χ1n) is 5.58. The van der Waals surface area contributed by atoms with Crippen LogP contribution < -0.4 is 5.32 Å². The van der Waals surface area contributed by atoms with Gasteiger partial charge in [-0.15, -0.1) is 0 Å². The lowest BCUT2D eigenvalue weighted by Gasteiger charge is -2.05. The summed E-state index contributed by atoms with van der Waals surface area (Å²) in [6.07, 6.45) is 4.41. The van der Waals surface area contributed by atoms with Crippen molar-refractivity contribution in [3.63, 3.8) is 0 Å². The van der Waals surface area contributed by atoms with Gasteiger partial charge in [0.05, 0.1) is 6.20 Å². The molecule has 0 radical (unpaired) electrons. The van der Waals surface area contributed by atoms with E-state index >= 15 is 0 Å². The lowest BCUT2D eigenvalue weighted by Crippen LogP contribution is -2.10. The zero-order valence-corrected chi connectivity index (χ0v) is 9.64. The van der Waals surface area contributed by atoms with E-state index in [9.17, 15) is 4.79 Å². The van der Waals surface area contributed by atoms with E-state index < -0.39 is 0 Å². The Morgan fingerprint density at radius 2 is 2.35 bits per heavy atom. The van der Waals surface area contributed by atoms with Crippen LogP contribution in [-0.2, 0) is 4.79 Å². The smallest absolute Gasteiger partial charge is 0.224 e. The van der Waals surface area contributed by atoms with Crippen molar-refractivity contribution in [1.82, 2.24) is 4.98 Å². The van der Waals surface area contributed by atoms with Gasteiger partial charge in [0.25, 0.3) is 0 Å². The van der Waals surface area contributed by atoms with Crippen molar-refractivity contribution in [2.75, 3.05) is 5.32 Å². The van der Waals surface area contributed by atoms with Crippen molar-refractivity contribution in [2.24, 2.45) is 0 Å². The molecule has 2 aromatic rings. The van der Waals surface area contributed by atoms with Gasteiger partial charge in [0.15, 0.2) is 12.2 Å². The number of nitrogens with zero attached hydrogens (tertiary/aromatic N) is 1. The summed E-state index contributed by atoms with van der Waals surface area (Å²) in [6, 6.07) is 7.51. The normalized spacial score (nSPS) is 10.2. The lowest BCUT2D eigenvalue weighted by molar-refractivity contribution is -0.116. The second-order valence-electron chi connectivity index (χ2n) is 3.74. The maximum Gasteiger partial charge on any atom is 0.224 e. The third-order valence-electron chi connectivity index (χ3n) is 2.34. The molecule has 1 N–H and O–H groups in total. The van der Waals surface area contributed by atoms with Crippen molar-refractivity contribution < 1.29 is 9.21 Å². The summed E-state index contributed by atoms with van der Waals surface area (Å²) in [7, 11) is 0. The Balaban J connectivity index is 2.15. The third kappa shape index (κ3) is 2.93. The number of benzene rings is 1. The molecule has 0 fully saturated rings. The van der Waals surface area contributed by atoms with Crippen LogP contribution >= 0.6 is 0 Å². The van der Waals surface area contributed by atoms with E-state index in [1.54, 1.807) is 6.20 Å². The Hall–Kier alpha value is -2.10. The number of hydrogen-bond donors (Lipinski definition) is 1. The van der Waals surface area contributed by atoms with E-state index in [4.69, 9.17) is 4.42 Å². The summed E-state index contributed by atoms with van der Waals surface area (Å²) in [5, 5.41) is 2.84. The second-order valence-corrected chi connectivity index (χ2v) is 3.74. The van der Waals surface area contributed by atoms with Gasteiger partial charge < -0.3 is 9.73 Å². The van der Waals surface area contributed by atoms with Crippen molar-refractivity contribution in [2.45, 2.75) is 19.8 Å². The van der Waals surface area contributed by atoms with Crippen LogP contribution in [0.4, 0.5) is 5.69 Å². The number of carbonyl (C=O) groups is 1. The van der Waals surface area contributed by atoms with Crippen LogP contribution in [0.1, 0.15) is 19.8 Å². The Morgan fingerprint density at radius 1 is 1.47 bits per heavy atom. The number of aromatic nitrogens is 1. The zero-order valence-electron chi connectivity index (χ0n) is 9.64. The quantitative estimate of drug-likeness (QED) is 0.878. The van der Waals surface area contributed by atoms with Gasteiger partial charge in [-0.2, -0.15) is 0 Å². The predicted molar refractivity (Wildman–Crippen MR) is 65.5 cm³/mol. The first-order chi connectivity index (χ1) is 8.29. The molecule has 0 spiro atoms. The van der Waals surface area contributed by atoms with Gasteiger partial charge in [0.1, 0.15) is 0 Å². The molecule has 0 unspecified atom stereocenters. The van der Waals surface area contributed by atoms with E-state index in [0.29, 0.717) is 12.2 Å². The van der Waals surface area contributed by atoms with Gasteiger partial charge in [-0.05, 0) is 18.6 Å². The van der Waals surface area contributed by atoms with E-state index in [2.05, 4.69) is 10.3 Å². The molecule has 1 heterocycles. The third-order valence-corrected chi connectivity index (χ3v) is 2.34. The van der Waals surface area contributed by atoms with Gasteiger partial charge in [0.2, 0.25) is 5.91 Å². The number of hydrogen-bond acceptors (Lipinski definition) is 3. The molecule has 17 heavy (non-hydrogen) atoms. The van der Waals surface area contributed by atoms with Crippen LogP contribution in [-0.4, -0.2) is 10.9 Å². The first kappa shape index (κ1) is 11.4. The minimum absolute atomic E-state index is 0.0298. The fourth-order valence-corrected chi connectivity index (χ4v) is 1.56. The standard InChI is InChI=1S/C13H14N2O2/c1-2-4-13(16)15-11-6-3-5-10(7-11)12-8-14-9-17-12/h3,5-9H,2,4H2,1H3,(H,15,16). The van der Waals surface area contributed by atoms with Crippen molar-refractivity contribution in [1.29, 1.82) is 0 Å². The zero-order chi connectivity index (χ0) is 12.1. The molecule has 1 amide bonds. The molecule has 0 aliphatic heterocycles. The molecule has 4 nitrogen and oxygen atoms in total. The molecule has 1 aromatic heterocycles. The number of oxazole rings is 1. The predicted octanol–water partition coefficient (Wildman–Crippen LogP) is 3.08. The summed E-state index contributed by atoms with van der Waals surface area (Å²) in [5.74, 6) is 0.721. The molecule has 88 valence electrons. The monoisotopic (exact) mass is 230 g/mol. The molecule has 4 heteroatoms. The fourth-order valence-electron chi connectivity index (χ4n) is 1.56. The molecule has 0 bridgehead atoms. The fraction of sp³-hybridized carbons (Fsp3) is 0.231. The second kappa shape index (κ2) is 5.30. The number of amides is 1. The van der Waals surface area contributed by atoms with Gasteiger partial charge in [-0.1, -0.05) is 19.1 Å². The topological polar surface area (TPSA) is 55.1 Å².